The Labute approximate surface area is 110 Å². The number of hydrogen-bond acceptors (Lipinski definition) is 4. The lowest BCUT2D eigenvalue weighted by molar-refractivity contribution is -0.384. The summed E-state index contributed by atoms with van der Waals surface area (Å²) in [6, 6.07) is 4.59. The van der Waals surface area contributed by atoms with Crippen LogP contribution in [0.25, 0.3) is 0 Å². The maximum Gasteiger partial charge on any atom is 0.308 e. The van der Waals surface area contributed by atoms with Crippen LogP contribution in [0.2, 0.25) is 0 Å². The van der Waals surface area contributed by atoms with Gasteiger partial charge in [0.05, 0.1) is 10.8 Å². The number of nitrogens with zero attached hydrogens (tertiary/aromatic N) is 2. The molecule has 2 atom stereocenters. The number of aryl methyl sites for hydroxylation is 1. The van der Waals surface area contributed by atoms with Gasteiger partial charge in [0.25, 0.3) is 5.69 Å². The molecule has 1 aliphatic rings. The Bertz CT molecular complexity index is 529. The molecule has 6 heteroatoms. The van der Waals surface area contributed by atoms with E-state index in [2.05, 4.69) is 0 Å². The molecule has 1 N–H and O–H groups in total. The quantitative estimate of drug-likeness (QED) is 0.668. The van der Waals surface area contributed by atoms with E-state index in [1.165, 1.54) is 12.1 Å². The van der Waals surface area contributed by atoms with Crippen molar-refractivity contribution in [3.8, 4) is 0 Å². The minimum atomic E-state index is -0.783. The second-order valence-corrected chi connectivity index (χ2v) is 4.90. The first kappa shape index (κ1) is 13.3. The number of rotatable bonds is 3. The van der Waals surface area contributed by atoms with Crippen LogP contribution in [-0.4, -0.2) is 28.6 Å². The van der Waals surface area contributed by atoms with E-state index in [4.69, 9.17) is 5.11 Å². The summed E-state index contributed by atoms with van der Waals surface area (Å²) in [5.74, 6) is -1.16. The first-order valence-corrected chi connectivity index (χ1v) is 6.16. The highest BCUT2D eigenvalue weighted by Crippen LogP contribution is 2.33. The largest absolute Gasteiger partial charge is 0.481 e. The van der Waals surface area contributed by atoms with Crippen molar-refractivity contribution in [3.05, 3.63) is 33.9 Å². The summed E-state index contributed by atoms with van der Waals surface area (Å²) in [4.78, 5) is 23.4. The number of nitro groups is 1. The molecule has 0 aliphatic carbocycles. The van der Waals surface area contributed by atoms with Crippen molar-refractivity contribution in [3.63, 3.8) is 0 Å². The average Bonchev–Trinajstić information content (AvgIpc) is 2.71. The van der Waals surface area contributed by atoms with Crippen LogP contribution >= 0.6 is 0 Å². The Morgan fingerprint density at radius 1 is 1.53 bits per heavy atom. The van der Waals surface area contributed by atoms with Gasteiger partial charge in [0, 0.05) is 30.4 Å². The third kappa shape index (κ3) is 2.38. The second kappa shape index (κ2) is 4.87. The lowest BCUT2D eigenvalue weighted by Crippen LogP contribution is -2.33. The predicted octanol–water partition coefficient (Wildman–Crippen LogP) is 2.20. The van der Waals surface area contributed by atoms with Gasteiger partial charge < -0.3 is 10.0 Å². The minimum Gasteiger partial charge on any atom is -0.481 e. The Hall–Kier alpha value is -2.11. The third-order valence-electron chi connectivity index (χ3n) is 3.77. The van der Waals surface area contributed by atoms with E-state index in [9.17, 15) is 14.9 Å². The van der Waals surface area contributed by atoms with E-state index in [0.717, 1.165) is 11.3 Å². The Morgan fingerprint density at radius 3 is 2.68 bits per heavy atom. The van der Waals surface area contributed by atoms with Crippen molar-refractivity contribution in [2.45, 2.75) is 26.3 Å². The molecule has 0 amide bonds. The van der Waals surface area contributed by atoms with E-state index in [-0.39, 0.29) is 17.6 Å². The molecule has 1 heterocycles. The maximum atomic E-state index is 11.1. The van der Waals surface area contributed by atoms with Gasteiger partial charge in [-0.25, -0.2) is 0 Å². The molecule has 1 fully saturated rings. The molecule has 6 nitrogen and oxygen atoms in total. The fourth-order valence-corrected chi connectivity index (χ4v) is 2.69. The normalized spacial score (nSPS) is 22.5. The molecule has 2 unspecified atom stereocenters. The number of carboxylic acid groups (broad SMARTS) is 1. The van der Waals surface area contributed by atoms with Crippen LogP contribution < -0.4 is 4.90 Å². The van der Waals surface area contributed by atoms with Gasteiger partial charge in [-0.2, -0.15) is 0 Å². The smallest absolute Gasteiger partial charge is 0.308 e. The topological polar surface area (TPSA) is 83.7 Å². The van der Waals surface area contributed by atoms with Gasteiger partial charge in [-0.3, -0.25) is 14.9 Å². The van der Waals surface area contributed by atoms with Crippen molar-refractivity contribution in [1.29, 1.82) is 0 Å². The molecule has 1 saturated heterocycles. The SMILES string of the molecule is Cc1cc([N+](=O)[O-])ccc1N1CCC(C(=O)O)C1C. The van der Waals surface area contributed by atoms with Crippen LogP contribution in [-0.2, 0) is 4.79 Å². The summed E-state index contributed by atoms with van der Waals surface area (Å²) < 4.78 is 0. The first-order chi connectivity index (χ1) is 8.91. The molecule has 1 aromatic carbocycles. The minimum absolute atomic E-state index is 0.0582. The summed E-state index contributed by atoms with van der Waals surface area (Å²) in [5.41, 5.74) is 1.73. The first-order valence-electron chi connectivity index (χ1n) is 6.16. The number of benzene rings is 1. The highest BCUT2D eigenvalue weighted by molar-refractivity contribution is 5.73. The zero-order chi connectivity index (χ0) is 14.2. The molecule has 102 valence electrons. The Morgan fingerprint density at radius 2 is 2.21 bits per heavy atom. The highest BCUT2D eigenvalue weighted by atomic mass is 16.6. The van der Waals surface area contributed by atoms with Gasteiger partial charge in [0.1, 0.15) is 0 Å². The van der Waals surface area contributed by atoms with E-state index in [1.54, 1.807) is 6.07 Å². The molecular weight excluding hydrogens is 248 g/mol. The Kier molecular flexibility index (Phi) is 3.42. The third-order valence-corrected chi connectivity index (χ3v) is 3.77. The van der Waals surface area contributed by atoms with Crippen molar-refractivity contribution < 1.29 is 14.8 Å². The number of anilines is 1. The number of carbonyl (C=O) groups is 1. The Balaban J connectivity index is 2.28. The van der Waals surface area contributed by atoms with Crippen molar-refractivity contribution in [2.24, 2.45) is 5.92 Å². The average molecular weight is 264 g/mol. The van der Waals surface area contributed by atoms with Gasteiger partial charge in [-0.15, -0.1) is 0 Å². The monoisotopic (exact) mass is 264 g/mol. The number of carboxylic acids is 1. The van der Waals surface area contributed by atoms with Gasteiger partial charge in [0.15, 0.2) is 0 Å². The van der Waals surface area contributed by atoms with Crippen LogP contribution in [0, 0.1) is 23.0 Å². The highest BCUT2D eigenvalue weighted by Gasteiger charge is 2.36. The summed E-state index contributed by atoms with van der Waals surface area (Å²) in [5, 5.41) is 19.8. The fourth-order valence-electron chi connectivity index (χ4n) is 2.69. The number of non-ortho nitro benzene ring substituents is 1. The zero-order valence-electron chi connectivity index (χ0n) is 10.9. The predicted molar refractivity (Wildman–Crippen MR) is 70.4 cm³/mol. The van der Waals surface area contributed by atoms with E-state index < -0.39 is 10.9 Å². The van der Waals surface area contributed by atoms with Gasteiger partial charge in [-0.05, 0) is 31.9 Å². The van der Waals surface area contributed by atoms with Crippen LogP contribution in [0.4, 0.5) is 11.4 Å². The van der Waals surface area contributed by atoms with Gasteiger partial charge >= 0.3 is 5.97 Å². The van der Waals surface area contributed by atoms with Crippen LogP contribution in [0.5, 0.6) is 0 Å². The lowest BCUT2D eigenvalue weighted by atomic mass is 10.0. The van der Waals surface area contributed by atoms with Crippen LogP contribution in [0.3, 0.4) is 0 Å². The molecule has 0 radical (unpaired) electrons. The maximum absolute atomic E-state index is 11.1. The van der Waals surface area contributed by atoms with Gasteiger partial charge in [0.2, 0.25) is 0 Å². The molecular formula is C13H16N2O4. The summed E-state index contributed by atoms with van der Waals surface area (Å²) >= 11 is 0. The molecule has 1 aromatic rings. The van der Waals surface area contributed by atoms with Crippen LogP contribution in [0.15, 0.2) is 18.2 Å². The fraction of sp³-hybridized carbons (Fsp3) is 0.462. The summed E-state index contributed by atoms with van der Waals surface area (Å²) in [6.45, 7) is 4.35. The second-order valence-electron chi connectivity index (χ2n) is 4.90. The van der Waals surface area contributed by atoms with Gasteiger partial charge in [-0.1, -0.05) is 0 Å². The molecule has 0 spiro atoms. The van der Waals surface area contributed by atoms with E-state index in [0.29, 0.717) is 13.0 Å². The van der Waals surface area contributed by atoms with Crippen molar-refractivity contribution in [2.75, 3.05) is 11.4 Å². The molecule has 0 saturated carbocycles. The number of aliphatic carboxylic acids is 1. The lowest BCUT2D eigenvalue weighted by Gasteiger charge is -2.26. The molecule has 1 aliphatic heterocycles. The van der Waals surface area contributed by atoms with E-state index >= 15 is 0 Å². The summed E-state index contributed by atoms with van der Waals surface area (Å²) in [7, 11) is 0. The molecule has 19 heavy (non-hydrogen) atoms. The molecule has 0 aromatic heterocycles. The van der Waals surface area contributed by atoms with E-state index in [1.807, 2.05) is 18.7 Å². The molecule has 2 rings (SSSR count). The van der Waals surface area contributed by atoms with Crippen molar-refractivity contribution in [1.82, 2.24) is 0 Å². The van der Waals surface area contributed by atoms with Crippen LogP contribution in [0.1, 0.15) is 18.9 Å². The standard InChI is InChI=1S/C13H16N2O4/c1-8-7-10(15(18)19)3-4-12(8)14-6-5-11(9(14)2)13(16)17/h3-4,7,9,11H,5-6H2,1-2H3,(H,16,17). The number of nitro benzene ring substituents is 1. The summed E-state index contributed by atoms with van der Waals surface area (Å²) in [6.07, 6.45) is 0.604. The number of hydrogen-bond donors (Lipinski definition) is 1. The molecule has 0 bridgehead atoms. The van der Waals surface area contributed by atoms with Crippen molar-refractivity contribution >= 4 is 17.3 Å². The zero-order valence-corrected chi connectivity index (χ0v) is 10.9.